The normalized spacial score (nSPS) is 15.7. The first-order valence-corrected chi connectivity index (χ1v) is 11.4. The number of anilines is 2. The van der Waals surface area contributed by atoms with Gasteiger partial charge in [0.05, 0.1) is 40.9 Å². The number of nitro benzene ring substituents is 1. The highest BCUT2D eigenvalue weighted by atomic mass is 19.4. The van der Waals surface area contributed by atoms with Gasteiger partial charge in [-0.25, -0.2) is 4.98 Å². The molecule has 1 saturated heterocycles. The molecule has 1 aliphatic rings. The second-order valence-corrected chi connectivity index (χ2v) is 8.48. The Kier molecular flexibility index (Phi) is 7.11. The third-order valence-corrected chi connectivity index (χ3v) is 6.22. The van der Waals surface area contributed by atoms with Crippen LogP contribution in [0.15, 0.2) is 30.5 Å². The van der Waals surface area contributed by atoms with Crippen LogP contribution in [0.2, 0.25) is 0 Å². The summed E-state index contributed by atoms with van der Waals surface area (Å²) in [5, 5.41) is 14.9. The van der Waals surface area contributed by atoms with E-state index in [1.54, 1.807) is 13.1 Å². The molecule has 1 aromatic carbocycles. The number of non-ortho nitro benzene ring substituents is 1. The van der Waals surface area contributed by atoms with Crippen LogP contribution in [-0.4, -0.2) is 64.6 Å². The quantitative estimate of drug-likeness (QED) is 0.372. The molecule has 0 amide bonds. The number of rotatable bonds is 7. The minimum atomic E-state index is -4.73. The maximum Gasteiger partial charge on any atom is 0.416 e. The molecular weight excluding hydrogens is 479 g/mol. The number of nitrogens with zero attached hydrogens (tertiary/aromatic N) is 6. The maximum absolute atomic E-state index is 13.4. The van der Waals surface area contributed by atoms with Crippen molar-refractivity contribution in [3.8, 4) is 6.01 Å². The van der Waals surface area contributed by atoms with Crippen molar-refractivity contribution in [2.45, 2.75) is 26.1 Å². The lowest BCUT2D eigenvalue weighted by atomic mass is 10.0. The van der Waals surface area contributed by atoms with Crippen molar-refractivity contribution in [3.63, 3.8) is 0 Å². The number of piperazine rings is 1. The minimum absolute atomic E-state index is 0.0315. The Hall–Kier alpha value is -3.74. The molecule has 3 aromatic rings. The molecule has 3 heterocycles. The smallest absolute Gasteiger partial charge is 0.416 e. The number of likely N-dealkylation sites (N-methyl/N-ethyl adjacent to an activating group) is 1. The highest BCUT2D eigenvalue weighted by Gasteiger charge is 2.33. The average molecular weight is 506 g/mol. The molecule has 0 unspecified atom stereocenters. The van der Waals surface area contributed by atoms with Crippen molar-refractivity contribution >= 4 is 28.2 Å². The lowest BCUT2D eigenvalue weighted by Gasteiger charge is -2.35. The zero-order valence-corrected chi connectivity index (χ0v) is 20.0. The van der Waals surface area contributed by atoms with Crippen LogP contribution in [0.1, 0.15) is 31.0 Å². The van der Waals surface area contributed by atoms with Gasteiger partial charge in [0.25, 0.3) is 5.69 Å². The summed E-state index contributed by atoms with van der Waals surface area (Å²) in [5.74, 6) is 0.297. The van der Waals surface area contributed by atoms with Crippen molar-refractivity contribution < 1.29 is 22.8 Å². The van der Waals surface area contributed by atoms with Crippen molar-refractivity contribution in [1.82, 2.24) is 19.9 Å². The first-order chi connectivity index (χ1) is 17.1. The van der Waals surface area contributed by atoms with Gasteiger partial charge < -0.3 is 19.9 Å². The summed E-state index contributed by atoms with van der Waals surface area (Å²) >= 11 is 0. The molecule has 13 heteroatoms. The van der Waals surface area contributed by atoms with E-state index < -0.39 is 28.4 Å². The van der Waals surface area contributed by atoms with Crippen molar-refractivity contribution in [2.75, 3.05) is 50.1 Å². The fourth-order valence-electron chi connectivity index (χ4n) is 4.12. The van der Waals surface area contributed by atoms with Gasteiger partial charge in [-0.05, 0) is 31.2 Å². The number of methoxy groups -OCH3 is 1. The predicted octanol–water partition coefficient (Wildman–Crippen LogP) is 4.28. The molecule has 2 aromatic heterocycles. The number of nitrogens with one attached hydrogen (secondary N) is 1. The van der Waals surface area contributed by atoms with Gasteiger partial charge in [0.15, 0.2) is 5.65 Å². The van der Waals surface area contributed by atoms with Crippen LogP contribution in [-0.2, 0) is 6.18 Å². The summed E-state index contributed by atoms with van der Waals surface area (Å²) in [6.07, 6.45) is -3.01. The van der Waals surface area contributed by atoms with Gasteiger partial charge in [-0.3, -0.25) is 10.1 Å². The summed E-state index contributed by atoms with van der Waals surface area (Å²) in [5.41, 5.74) is -0.434. The van der Waals surface area contributed by atoms with Gasteiger partial charge in [0.1, 0.15) is 5.82 Å². The molecule has 1 aliphatic heterocycles. The second-order valence-electron chi connectivity index (χ2n) is 8.48. The van der Waals surface area contributed by atoms with Crippen LogP contribution in [0.5, 0.6) is 6.01 Å². The third kappa shape index (κ3) is 5.40. The lowest BCUT2D eigenvalue weighted by Crippen LogP contribution is -2.46. The Morgan fingerprint density at radius 1 is 1.17 bits per heavy atom. The second kappa shape index (κ2) is 10.1. The van der Waals surface area contributed by atoms with E-state index in [2.05, 4.69) is 37.0 Å². The molecule has 192 valence electrons. The van der Waals surface area contributed by atoms with E-state index in [4.69, 9.17) is 4.74 Å². The first-order valence-electron chi connectivity index (χ1n) is 11.4. The topological polar surface area (TPSA) is 110 Å². The van der Waals surface area contributed by atoms with Crippen LogP contribution in [0.4, 0.5) is 30.4 Å². The van der Waals surface area contributed by atoms with Gasteiger partial charge in [-0.1, -0.05) is 6.92 Å². The van der Waals surface area contributed by atoms with Crippen LogP contribution in [0, 0.1) is 10.1 Å². The van der Waals surface area contributed by atoms with Crippen molar-refractivity contribution in [2.24, 2.45) is 0 Å². The molecule has 0 bridgehead atoms. The van der Waals surface area contributed by atoms with E-state index in [0.29, 0.717) is 22.9 Å². The fourth-order valence-corrected chi connectivity index (χ4v) is 4.12. The Balaban J connectivity index is 1.70. The highest BCUT2D eigenvalue weighted by Crippen LogP contribution is 2.35. The van der Waals surface area contributed by atoms with E-state index in [1.807, 2.05) is 6.07 Å². The van der Waals surface area contributed by atoms with Crippen LogP contribution in [0.3, 0.4) is 0 Å². The molecule has 10 nitrogen and oxygen atoms in total. The minimum Gasteiger partial charge on any atom is -0.467 e. The number of benzene rings is 1. The van der Waals surface area contributed by atoms with E-state index in [0.717, 1.165) is 50.5 Å². The number of nitro groups is 1. The van der Waals surface area contributed by atoms with Crippen LogP contribution in [0.25, 0.3) is 11.0 Å². The SMILES string of the molecule is CCN1CCN(c2cnc3nc(OC)nc(N[C@H](C)c4cc([N+](=O)[O-])cc(C(F)(F)F)c4)c3c2)CC1. The summed E-state index contributed by atoms with van der Waals surface area (Å²) in [4.78, 5) is 28.1. The first kappa shape index (κ1) is 25.4. The largest absolute Gasteiger partial charge is 0.467 e. The Labute approximate surface area is 205 Å². The van der Waals surface area contributed by atoms with Gasteiger partial charge in [-0.2, -0.15) is 23.1 Å². The molecule has 36 heavy (non-hydrogen) atoms. The van der Waals surface area contributed by atoms with Crippen molar-refractivity contribution in [1.29, 1.82) is 0 Å². The predicted molar refractivity (Wildman–Crippen MR) is 128 cm³/mol. The molecule has 4 rings (SSSR count). The zero-order valence-electron chi connectivity index (χ0n) is 20.0. The summed E-state index contributed by atoms with van der Waals surface area (Å²) in [7, 11) is 1.39. The lowest BCUT2D eigenvalue weighted by molar-refractivity contribution is -0.385. The number of hydrogen-bond acceptors (Lipinski definition) is 9. The summed E-state index contributed by atoms with van der Waals surface area (Å²) < 4.78 is 45.3. The number of aromatic nitrogens is 3. The maximum atomic E-state index is 13.4. The van der Waals surface area contributed by atoms with Gasteiger partial charge in [-0.15, -0.1) is 0 Å². The molecular formula is C23H26F3N7O3. The molecule has 1 N–H and O–H groups in total. The average Bonchev–Trinajstić information content (AvgIpc) is 2.87. The number of halogens is 3. The Morgan fingerprint density at radius 2 is 1.89 bits per heavy atom. The number of alkyl halides is 3. The molecule has 1 fully saturated rings. The number of pyridine rings is 1. The van der Waals surface area contributed by atoms with E-state index in [1.165, 1.54) is 7.11 Å². The number of ether oxygens (including phenoxy) is 1. The van der Waals surface area contributed by atoms with E-state index >= 15 is 0 Å². The molecule has 0 aliphatic carbocycles. The van der Waals surface area contributed by atoms with Gasteiger partial charge >= 0.3 is 12.2 Å². The summed E-state index contributed by atoms with van der Waals surface area (Å²) in [6, 6.07) is 3.68. The van der Waals surface area contributed by atoms with Crippen molar-refractivity contribution in [3.05, 3.63) is 51.7 Å². The van der Waals surface area contributed by atoms with E-state index in [-0.39, 0.29) is 11.6 Å². The fraction of sp³-hybridized carbons (Fsp3) is 0.435. The number of fused-ring (bicyclic) bond motifs is 1. The highest BCUT2D eigenvalue weighted by molar-refractivity contribution is 5.89. The zero-order chi connectivity index (χ0) is 26.0. The molecule has 0 spiro atoms. The van der Waals surface area contributed by atoms with Gasteiger partial charge in [0.2, 0.25) is 0 Å². The van der Waals surface area contributed by atoms with Crippen LogP contribution >= 0.6 is 0 Å². The molecule has 0 saturated carbocycles. The summed E-state index contributed by atoms with van der Waals surface area (Å²) in [6.45, 7) is 8.19. The molecule has 1 atom stereocenters. The Morgan fingerprint density at radius 3 is 2.50 bits per heavy atom. The monoisotopic (exact) mass is 505 g/mol. The standard InChI is InChI=1S/C23H26F3N7O3/c1-4-31-5-7-32(8-6-31)18-12-19-20(27-13-18)29-22(36-3)30-21(19)28-14(2)15-9-16(23(24,25)26)11-17(10-15)33(34)35/h9-14H,4-8H2,1-3H3,(H,27,28,29,30)/t14-/m1/s1. The Bertz CT molecular complexity index is 1260. The van der Waals surface area contributed by atoms with E-state index in [9.17, 15) is 23.3 Å². The number of hydrogen-bond donors (Lipinski definition) is 1. The third-order valence-electron chi connectivity index (χ3n) is 6.22. The van der Waals surface area contributed by atoms with Crippen LogP contribution < -0.4 is 15.0 Å². The van der Waals surface area contributed by atoms with Gasteiger partial charge in [0, 0.05) is 38.3 Å². The molecule has 0 radical (unpaired) electrons.